The molecule has 1 amide bonds. The van der Waals surface area contributed by atoms with Crippen LogP contribution in [0, 0.1) is 6.92 Å². The van der Waals surface area contributed by atoms with Crippen LogP contribution in [-0.2, 0) is 14.3 Å². The highest BCUT2D eigenvalue weighted by atomic mass is 35.5. The molecule has 0 saturated heterocycles. The molecule has 0 aliphatic heterocycles. The topological polar surface area (TPSA) is 64.6 Å². The van der Waals surface area contributed by atoms with E-state index in [1.165, 1.54) is 0 Å². The molecular formula is C20H22ClNO4. The first-order valence-electron chi connectivity index (χ1n) is 8.40. The highest BCUT2D eigenvalue weighted by molar-refractivity contribution is 6.31. The van der Waals surface area contributed by atoms with Crippen LogP contribution in [0.2, 0.25) is 5.02 Å². The number of ether oxygens (including phenoxy) is 2. The van der Waals surface area contributed by atoms with Crippen molar-refractivity contribution in [1.82, 2.24) is 0 Å². The molecule has 5 nitrogen and oxygen atoms in total. The second-order valence-corrected chi connectivity index (χ2v) is 6.26. The summed E-state index contributed by atoms with van der Waals surface area (Å²) in [5.41, 5.74) is 1.59. The fourth-order valence-corrected chi connectivity index (χ4v) is 2.31. The van der Waals surface area contributed by atoms with Gasteiger partial charge in [0.1, 0.15) is 5.75 Å². The molecule has 1 N–H and O–H groups in total. The number of amides is 1. The van der Waals surface area contributed by atoms with Crippen molar-refractivity contribution >= 4 is 29.2 Å². The molecule has 0 heterocycles. The molecule has 0 aliphatic rings. The Bertz CT molecular complexity index is 749. The molecule has 26 heavy (non-hydrogen) atoms. The molecule has 0 saturated carbocycles. The fraction of sp³-hybridized carbons (Fsp3) is 0.300. The maximum absolute atomic E-state index is 12.0. The van der Waals surface area contributed by atoms with Crippen LogP contribution in [0.1, 0.15) is 25.3 Å². The molecule has 0 spiro atoms. The first kappa shape index (κ1) is 19.8. The lowest BCUT2D eigenvalue weighted by Gasteiger charge is -2.13. The highest BCUT2D eigenvalue weighted by Gasteiger charge is 2.17. The van der Waals surface area contributed by atoms with E-state index in [0.717, 1.165) is 5.56 Å². The molecule has 138 valence electrons. The zero-order chi connectivity index (χ0) is 18.9. The van der Waals surface area contributed by atoms with Gasteiger partial charge in [0.05, 0.1) is 6.61 Å². The third-order valence-electron chi connectivity index (χ3n) is 3.64. The lowest BCUT2D eigenvalue weighted by atomic mass is 10.2. The minimum absolute atomic E-state index is 0.176. The van der Waals surface area contributed by atoms with Crippen LogP contribution in [0.5, 0.6) is 5.75 Å². The van der Waals surface area contributed by atoms with Gasteiger partial charge in [-0.2, -0.15) is 0 Å². The summed E-state index contributed by atoms with van der Waals surface area (Å²) in [5.74, 6) is -0.0927. The summed E-state index contributed by atoms with van der Waals surface area (Å²) in [6, 6.07) is 14.4. The quantitative estimate of drug-likeness (QED) is 0.549. The Morgan fingerprint density at radius 1 is 1.15 bits per heavy atom. The van der Waals surface area contributed by atoms with Crippen LogP contribution in [-0.4, -0.2) is 24.6 Å². The molecule has 0 aliphatic carbocycles. The Morgan fingerprint density at radius 3 is 2.58 bits per heavy atom. The molecule has 2 aromatic rings. The van der Waals surface area contributed by atoms with Crippen LogP contribution < -0.4 is 10.1 Å². The number of rotatable bonds is 8. The van der Waals surface area contributed by atoms with E-state index in [2.05, 4.69) is 5.32 Å². The maximum atomic E-state index is 12.0. The summed E-state index contributed by atoms with van der Waals surface area (Å²) in [4.78, 5) is 23.8. The minimum Gasteiger partial charge on any atom is -0.494 e. The first-order chi connectivity index (χ1) is 12.5. The molecule has 1 atom stereocenters. The number of para-hydroxylation sites is 1. The van der Waals surface area contributed by atoms with E-state index in [9.17, 15) is 9.59 Å². The first-order valence-corrected chi connectivity index (χ1v) is 8.78. The van der Waals surface area contributed by atoms with E-state index < -0.39 is 12.1 Å². The van der Waals surface area contributed by atoms with Gasteiger partial charge in [0.15, 0.2) is 6.10 Å². The van der Waals surface area contributed by atoms with Crippen molar-refractivity contribution in [2.45, 2.75) is 32.8 Å². The number of hydrogen-bond acceptors (Lipinski definition) is 4. The van der Waals surface area contributed by atoms with Crippen LogP contribution in [0.15, 0.2) is 48.5 Å². The smallest absolute Gasteiger partial charge is 0.306 e. The van der Waals surface area contributed by atoms with E-state index in [4.69, 9.17) is 21.1 Å². The number of halogens is 1. The second-order valence-electron chi connectivity index (χ2n) is 5.85. The number of esters is 1. The van der Waals surface area contributed by atoms with E-state index in [-0.39, 0.29) is 12.3 Å². The van der Waals surface area contributed by atoms with Crippen LogP contribution in [0.25, 0.3) is 0 Å². The van der Waals surface area contributed by atoms with Gasteiger partial charge in [0.25, 0.3) is 5.91 Å². The third-order valence-corrected chi connectivity index (χ3v) is 4.07. The monoisotopic (exact) mass is 375 g/mol. The lowest BCUT2D eigenvalue weighted by Crippen LogP contribution is -2.30. The van der Waals surface area contributed by atoms with E-state index in [1.54, 1.807) is 31.2 Å². The lowest BCUT2D eigenvalue weighted by molar-refractivity contribution is -0.153. The molecule has 6 heteroatoms. The van der Waals surface area contributed by atoms with Gasteiger partial charge in [0, 0.05) is 17.1 Å². The molecule has 0 bridgehead atoms. The number of nitrogens with one attached hydrogen (secondary N) is 1. The average Bonchev–Trinajstić information content (AvgIpc) is 2.62. The second kappa shape index (κ2) is 9.82. The Morgan fingerprint density at radius 2 is 1.88 bits per heavy atom. The van der Waals surface area contributed by atoms with E-state index in [1.807, 2.05) is 31.2 Å². The number of carbonyl (C=O) groups excluding carboxylic acids is 2. The number of aryl methyl sites for hydroxylation is 1. The van der Waals surface area contributed by atoms with Crippen LogP contribution in [0.4, 0.5) is 5.69 Å². The summed E-state index contributed by atoms with van der Waals surface area (Å²) < 4.78 is 10.7. The Hall–Kier alpha value is -2.53. The Labute approximate surface area is 158 Å². The van der Waals surface area contributed by atoms with Crippen molar-refractivity contribution in [1.29, 1.82) is 0 Å². The number of hydrogen-bond donors (Lipinski definition) is 1. The average molecular weight is 376 g/mol. The molecule has 2 aromatic carbocycles. The molecule has 0 radical (unpaired) electrons. The maximum Gasteiger partial charge on any atom is 0.306 e. The number of benzene rings is 2. The Kier molecular flexibility index (Phi) is 7.48. The van der Waals surface area contributed by atoms with Gasteiger partial charge < -0.3 is 14.8 Å². The minimum atomic E-state index is -0.859. The van der Waals surface area contributed by atoms with Crippen molar-refractivity contribution in [2.24, 2.45) is 0 Å². The highest BCUT2D eigenvalue weighted by Crippen LogP contribution is 2.21. The van der Waals surface area contributed by atoms with E-state index >= 15 is 0 Å². The van der Waals surface area contributed by atoms with Crippen molar-refractivity contribution in [3.05, 3.63) is 59.1 Å². The van der Waals surface area contributed by atoms with Gasteiger partial charge in [-0.1, -0.05) is 29.8 Å². The molecule has 0 fully saturated rings. The van der Waals surface area contributed by atoms with Crippen molar-refractivity contribution in [3.8, 4) is 5.75 Å². The van der Waals surface area contributed by atoms with Crippen LogP contribution >= 0.6 is 11.6 Å². The Balaban J connectivity index is 1.67. The van der Waals surface area contributed by atoms with Gasteiger partial charge in [-0.3, -0.25) is 9.59 Å². The SMILES string of the molecule is Cc1cc(OCCCC(=O)O[C@@H](C)C(=O)Nc2ccccc2)ccc1Cl. The summed E-state index contributed by atoms with van der Waals surface area (Å²) >= 11 is 5.96. The summed E-state index contributed by atoms with van der Waals surface area (Å²) in [5, 5.41) is 3.38. The summed E-state index contributed by atoms with van der Waals surface area (Å²) in [7, 11) is 0. The van der Waals surface area contributed by atoms with Gasteiger partial charge in [-0.15, -0.1) is 0 Å². The fourth-order valence-electron chi connectivity index (χ4n) is 2.19. The molecule has 0 aromatic heterocycles. The van der Waals surface area contributed by atoms with Gasteiger partial charge in [0.2, 0.25) is 0 Å². The normalized spacial score (nSPS) is 11.5. The zero-order valence-corrected chi connectivity index (χ0v) is 15.6. The van der Waals surface area contributed by atoms with Gasteiger partial charge in [-0.25, -0.2) is 0 Å². The molecule has 2 rings (SSSR count). The van der Waals surface area contributed by atoms with Crippen LogP contribution in [0.3, 0.4) is 0 Å². The van der Waals surface area contributed by atoms with Gasteiger partial charge >= 0.3 is 5.97 Å². The summed E-state index contributed by atoms with van der Waals surface area (Å²) in [6.07, 6.45) is -0.189. The molecule has 0 unspecified atom stereocenters. The molecular weight excluding hydrogens is 354 g/mol. The van der Waals surface area contributed by atoms with E-state index in [0.29, 0.717) is 29.5 Å². The number of carbonyl (C=O) groups is 2. The summed E-state index contributed by atoms with van der Waals surface area (Å²) in [6.45, 7) is 3.82. The predicted octanol–water partition coefficient (Wildman–Crippen LogP) is 4.38. The van der Waals surface area contributed by atoms with Gasteiger partial charge in [-0.05, 0) is 56.2 Å². The number of anilines is 1. The van der Waals surface area contributed by atoms with Crippen molar-refractivity contribution in [2.75, 3.05) is 11.9 Å². The van der Waals surface area contributed by atoms with Crippen molar-refractivity contribution < 1.29 is 19.1 Å². The largest absolute Gasteiger partial charge is 0.494 e. The third kappa shape index (κ3) is 6.41. The predicted molar refractivity (Wildman–Crippen MR) is 102 cm³/mol. The zero-order valence-electron chi connectivity index (χ0n) is 14.8. The standard InChI is InChI=1S/C20H22ClNO4/c1-14-13-17(10-11-18(14)21)25-12-6-9-19(23)26-15(2)20(24)22-16-7-4-3-5-8-16/h3-5,7-8,10-11,13,15H,6,9,12H2,1-2H3,(H,22,24)/t15-/m0/s1. The van der Waals surface area contributed by atoms with Crippen molar-refractivity contribution in [3.63, 3.8) is 0 Å².